The fraction of sp³-hybridized carbons (Fsp3) is 0.286. The maximum atomic E-state index is 10.5. The summed E-state index contributed by atoms with van der Waals surface area (Å²) in [6.45, 7) is 2.56. The lowest BCUT2D eigenvalue weighted by Crippen LogP contribution is -1.97. The number of nitrogens with one attached hydrogen (secondary N) is 1. The van der Waals surface area contributed by atoms with Crippen LogP contribution in [-0.4, -0.2) is 25.5 Å². The number of nitrogens with zero attached hydrogens (tertiary/aromatic N) is 1. The Morgan fingerprint density at radius 1 is 1.55 bits per heavy atom. The minimum absolute atomic E-state index is 0.572. The van der Waals surface area contributed by atoms with Gasteiger partial charge in [0.2, 0.25) is 6.41 Å². The van der Waals surface area contributed by atoms with E-state index in [1.807, 2.05) is 13.0 Å². The summed E-state index contributed by atoms with van der Waals surface area (Å²) in [7, 11) is 1.56. The van der Waals surface area contributed by atoms with E-state index in [1.165, 1.54) is 0 Å². The summed E-state index contributed by atoms with van der Waals surface area (Å²) in [6.07, 6.45) is 2.41. The van der Waals surface area contributed by atoms with Crippen LogP contribution in [0.3, 0.4) is 0 Å². The lowest BCUT2D eigenvalue weighted by molar-refractivity contribution is -0.105. The van der Waals surface area contributed by atoms with Crippen LogP contribution in [0.25, 0.3) is 11.0 Å². The molecule has 5 nitrogen and oxygen atoms in total. The zero-order chi connectivity index (χ0) is 14.5. The SMILES string of the molecule is CCS.COc1cc2c3c(oc2cc1NC=O)CN=C3. The van der Waals surface area contributed by atoms with Crippen molar-refractivity contribution in [1.82, 2.24) is 0 Å². The molecule has 0 atom stereocenters. The van der Waals surface area contributed by atoms with Crippen LogP contribution in [0.15, 0.2) is 21.5 Å². The van der Waals surface area contributed by atoms with Gasteiger partial charge in [-0.05, 0) is 11.8 Å². The summed E-state index contributed by atoms with van der Waals surface area (Å²) in [5.41, 5.74) is 2.32. The number of carbonyl (C=O) groups excluding carboxylic acids is 1. The molecule has 106 valence electrons. The Bertz CT molecular complexity index is 649. The molecule has 0 saturated heterocycles. The summed E-state index contributed by atoms with van der Waals surface area (Å²) < 4.78 is 10.9. The summed E-state index contributed by atoms with van der Waals surface area (Å²) in [4.78, 5) is 14.6. The van der Waals surface area contributed by atoms with Gasteiger partial charge in [0.05, 0.1) is 19.3 Å². The monoisotopic (exact) mass is 292 g/mol. The number of methoxy groups -OCH3 is 1. The van der Waals surface area contributed by atoms with E-state index < -0.39 is 0 Å². The Morgan fingerprint density at radius 3 is 2.95 bits per heavy atom. The van der Waals surface area contributed by atoms with Crippen molar-refractivity contribution in [2.24, 2.45) is 4.99 Å². The van der Waals surface area contributed by atoms with E-state index in [2.05, 4.69) is 22.9 Å². The van der Waals surface area contributed by atoms with Crippen LogP contribution in [0.4, 0.5) is 5.69 Å². The molecule has 1 amide bonds. The van der Waals surface area contributed by atoms with Crippen LogP contribution in [0.2, 0.25) is 0 Å². The molecule has 0 saturated carbocycles. The van der Waals surface area contributed by atoms with Crippen molar-refractivity contribution in [1.29, 1.82) is 0 Å². The fourth-order valence-corrected chi connectivity index (χ4v) is 2.02. The number of thiol groups is 1. The van der Waals surface area contributed by atoms with Crippen molar-refractivity contribution < 1.29 is 13.9 Å². The van der Waals surface area contributed by atoms with Gasteiger partial charge in [-0.25, -0.2) is 0 Å². The number of carbonyl (C=O) groups is 1. The van der Waals surface area contributed by atoms with Crippen LogP contribution >= 0.6 is 12.6 Å². The number of furan rings is 1. The molecule has 0 bridgehead atoms. The van der Waals surface area contributed by atoms with Gasteiger partial charge in [-0.2, -0.15) is 12.6 Å². The highest BCUT2D eigenvalue weighted by Crippen LogP contribution is 2.35. The first kappa shape index (κ1) is 14.5. The molecule has 0 radical (unpaired) electrons. The molecule has 6 heteroatoms. The van der Waals surface area contributed by atoms with E-state index in [9.17, 15) is 4.79 Å². The third-order valence-electron chi connectivity index (χ3n) is 2.80. The number of fused-ring (bicyclic) bond motifs is 3. The van der Waals surface area contributed by atoms with Crippen LogP contribution in [0.1, 0.15) is 18.2 Å². The zero-order valence-corrected chi connectivity index (χ0v) is 12.2. The lowest BCUT2D eigenvalue weighted by atomic mass is 10.1. The number of rotatable bonds is 3. The van der Waals surface area contributed by atoms with Crippen LogP contribution in [0, 0.1) is 0 Å². The van der Waals surface area contributed by atoms with E-state index in [0.29, 0.717) is 24.4 Å². The van der Waals surface area contributed by atoms with E-state index in [0.717, 1.165) is 28.0 Å². The molecule has 2 aromatic rings. The van der Waals surface area contributed by atoms with Gasteiger partial charge in [0.25, 0.3) is 0 Å². The van der Waals surface area contributed by atoms with Crippen LogP contribution < -0.4 is 10.1 Å². The van der Waals surface area contributed by atoms with Gasteiger partial charge in [-0.1, -0.05) is 6.92 Å². The standard InChI is InChI=1S/C12H10N2O3.C2H6S/c1-16-11-2-7-8-4-13-5-12(8)17-10(7)3-9(11)14-6-15;1-2-3/h2-4,6H,5H2,1H3,(H,14,15);3H,2H2,1H3. The normalized spacial score (nSPS) is 11.8. The largest absolute Gasteiger partial charge is 0.495 e. The second-order valence-corrected chi connectivity index (χ2v) is 4.67. The Hall–Kier alpha value is -1.95. The van der Waals surface area contributed by atoms with Gasteiger partial charge in [0.15, 0.2) is 0 Å². The predicted molar refractivity (Wildman–Crippen MR) is 83.3 cm³/mol. The fourth-order valence-electron chi connectivity index (χ4n) is 2.02. The molecule has 1 aliphatic heterocycles. The highest BCUT2D eigenvalue weighted by atomic mass is 32.1. The van der Waals surface area contributed by atoms with Crippen molar-refractivity contribution in [3.63, 3.8) is 0 Å². The molecule has 3 rings (SSSR count). The van der Waals surface area contributed by atoms with Gasteiger partial charge in [-0.15, -0.1) is 0 Å². The molecular formula is C14H16N2O3S. The molecule has 0 unspecified atom stereocenters. The second-order valence-electron chi connectivity index (χ2n) is 4.04. The molecule has 0 spiro atoms. The predicted octanol–water partition coefficient (Wildman–Crippen LogP) is 2.88. The summed E-state index contributed by atoms with van der Waals surface area (Å²) in [5.74, 6) is 2.40. The minimum atomic E-state index is 0.572. The maximum Gasteiger partial charge on any atom is 0.211 e. The molecule has 20 heavy (non-hydrogen) atoms. The third-order valence-corrected chi connectivity index (χ3v) is 2.80. The van der Waals surface area contributed by atoms with Crippen LogP contribution in [0.5, 0.6) is 5.75 Å². The van der Waals surface area contributed by atoms with Crippen molar-refractivity contribution >= 4 is 41.9 Å². The Morgan fingerprint density at radius 2 is 2.30 bits per heavy atom. The number of hydrogen-bond acceptors (Lipinski definition) is 5. The number of aliphatic imine (C=N–C) groups is 1. The average Bonchev–Trinajstić information content (AvgIpc) is 2.99. The van der Waals surface area contributed by atoms with Crippen molar-refractivity contribution in [3.8, 4) is 5.75 Å². The highest BCUT2D eigenvalue weighted by molar-refractivity contribution is 7.80. The summed E-state index contributed by atoms with van der Waals surface area (Å²) in [5, 5.41) is 3.54. The average molecular weight is 292 g/mol. The van der Waals surface area contributed by atoms with Gasteiger partial charge in [-0.3, -0.25) is 9.79 Å². The molecule has 1 aliphatic rings. The summed E-state index contributed by atoms with van der Waals surface area (Å²) in [6, 6.07) is 3.61. The Kier molecular flexibility index (Phi) is 4.68. The first-order chi connectivity index (χ1) is 9.74. The van der Waals surface area contributed by atoms with Crippen molar-refractivity contribution in [3.05, 3.63) is 23.5 Å². The Labute approximate surface area is 122 Å². The number of amides is 1. The summed E-state index contributed by atoms with van der Waals surface area (Å²) >= 11 is 3.79. The highest BCUT2D eigenvalue weighted by Gasteiger charge is 2.18. The number of hydrogen-bond donors (Lipinski definition) is 2. The number of ether oxygens (including phenoxy) is 1. The van der Waals surface area contributed by atoms with Gasteiger partial charge < -0.3 is 14.5 Å². The van der Waals surface area contributed by atoms with Crippen molar-refractivity contribution in [2.45, 2.75) is 13.5 Å². The van der Waals surface area contributed by atoms with Gasteiger partial charge >= 0.3 is 0 Å². The minimum Gasteiger partial charge on any atom is -0.495 e. The maximum absolute atomic E-state index is 10.5. The lowest BCUT2D eigenvalue weighted by Gasteiger charge is -2.06. The third kappa shape index (κ3) is 2.65. The molecule has 1 N–H and O–H groups in total. The molecule has 2 heterocycles. The zero-order valence-electron chi connectivity index (χ0n) is 11.3. The molecule has 1 aromatic heterocycles. The topological polar surface area (TPSA) is 63.8 Å². The molecular weight excluding hydrogens is 276 g/mol. The van der Waals surface area contributed by atoms with E-state index in [-0.39, 0.29) is 0 Å². The number of benzene rings is 1. The van der Waals surface area contributed by atoms with Crippen LogP contribution in [-0.2, 0) is 11.3 Å². The van der Waals surface area contributed by atoms with Gasteiger partial charge in [0.1, 0.15) is 17.1 Å². The Balaban J connectivity index is 0.000000452. The van der Waals surface area contributed by atoms with Gasteiger partial charge in [0, 0.05) is 23.2 Å². The first-order valence-corrected chi connectivity index (χ1v) is 6.82. The van der Waals surface area contributed by atoms with E-state index in [1.54, 1.807) is 19.4 Å². The first-order valence-electron chi connectivity index (χ1n) is 6.19. The molecule has 0 fully saturated rings. The number of anilines is 1. The quantitative estimate of drug-likeness (QED) is 0.675. The van der Waals surface area contributed by atoms with E-state index in [4.69, 9.17) is 9.15 Å². The second kappa shape index (κ2) is 6.47. The van der Waals surface area contributed by atoms with Crippen molar-refractivity contribution in [2.75, 3.05) is 18.2 Å². The smallest absolute Gasteiger partial charge is 0.211 e. The molecule has 1 aromatic carbocycles. The van der Waals surface area contributed by atoms with E-state index >= 15 is 0 Å². The molecule has 0 aliphatic carbocycles.